The van der Waals surface area contributed by atoms with Crippen molar-refractivity contribution in [1.29, 1.82) is 0 Å². The zero-order chi connectivity index (χ0) is 12.4. The SMILES string of the molecule is Cc1cc(-n2cnnc2)ccc1N1CCOCC1. The molecule has 1 saturated heterocycles. The number of rotatable bonds is 2. The monoisotopic (exact) mass is 244 g/mol. The Bertz CT molecular complexity index is 518. The van der Waals surface area contributed by atoms with Crippen molar-refractivity contribution in [1.82, 2.24) is 14.8 Å². The quantitative estimate of drug-likeness (QED) is 0.801. The van der Waals surface area contributed by atoms with Gasteiger partial charge in [-0.2, -0.15) is 0 Å². The maximum atomic E-state index is 5.38. The lowest BCUT2D eigenvalue weighted by Crippen LogP contribution is -2.36. The molecule has 1 aromatic heterocycles. The smallest absolute Gasteiger partial charge is 0.123 e. The summed E-state index contributed by atoms with van der Waals surface area (Å²) in [6, 6.07) is 6.42. The molecule has 3 rings (SSSR count). The van der Waals surface area contributed by atoms with Gasteiger partial charge in [-0.05, 0) is 30.7 Å². The number of morpholine rings is 1. The summed E-state index contributed by atoms with van der Waals surface area (Å²) in [6.45, 7) is 5.69. The van der Waals surface area contributed by atoms with Crippen molar-refractivity contribution in [3.05, 3.63) is 36.4 Å². The lowest BCUT2D eigenvalue weighted by atomic mass is 10.1. The normalized spacial score (nSPS) is 15.9. The second-order valence-electron chi connectivity index (χ2n) is 4.44. The highest BCUT2D eigenvalue weighted by molar-refractivity contribution is 5.57. The van der Waals surface area contributed by atoms with Crippen molar-refractivity contribution >= 4 is 5.69 Å². The van der Waals surface area contributed by atoms with Crippen molar-refractivity contribution in [2.24, 2.45) is 0 Å². The molecule has 0 radical (unpaired) electrons. The first-order chi connectivity index (χ1) is 8.84. The zero-order valence-corrected chi connectivity index (χ0v) is 10.4. The molecule has 5 nitrogen and oxygen atoms in total. The number of nitrogens with zero attached hydrogens (tertiary/aromatic N) is 4. The largest absolute Gasteiger partial charge is 0.378 e. The Hall–Kier alpha value is -1.88. The van der Waals surface area contributed by atoms with Crippen LogP contribution in [0.15, 0.2) is 30.9 Å². The van der Waals surface area contributed by atoms with E-state index in [2.05, 4.69) is 40.2 Å². The number of aryl methyl sites for hydroxylation is 1. The standard InChI is InChI=1S/C13H16N4O/c1-11-8-12(17-9-14-15-10-17)2-3-13(11)16-4-6-18-7-5-16/h2-3,8-10H,4-7H2,1H3. The minimum atomic E-state index is 0.812. The highest BCUT2D eigenvalue weighted by Gasteiger charge is 2.13. The first-order valence-electron chi connectivity index (χ1n) is 6.13. The molecule has 1 fully saturated rings. The molecule has 1 aliphatic rings. The van der Waals surface area contributed by atoms with E-state index < -0.39 is 0 Å². The third kappa shape index (κ3) is 2.09. The molecule has 1 aromatic carbocycles. The summed E-state index contributed by atoms with van der Waals surface area (Å²) in [6.07, 6.45) is 3.42. The first kappa shape index (κ1) is 11.2. The van der Waals surface area contributed by atoms with Gasteiger partial charge in [0.1, 0.15) is 12.7 Å². The van der Waals surface area contributed by atoms with Crippen LogP contribution in [0.2, 0.25) is 0 Å². The Morgan fingerprint density at radius 2 is 1.83 bits per heavy atom. The molecular weight excluding hydrogens is 228 g/mol. The summed E-state index contributed by atoms with van der Waals surface area (Å²) >= 11 is 0. The molecule has 0 atom stereocenters. The number of ether oxygens (including phenoxy) is 1. The Balaban J connectivity index is 1.89. The Morgan fingerprint density at radius 3 is 2.50 bits per heavy atom. The molecule has 0 amide bonds. The van der Waals surface area contributed by atoms with Gasteiger partial charge in [-0.3, -0.25) is 4.57 Å². The lowest BCUT2D eigenvalue weighted by Gasteiger charge is -2.30. The van der Waals surface area contributed by atoms with Crippen LogP contribution < -0.4 is 4.90 Å². The minimum Gasteiger partial charge on any atom is -0.378 e. The summed E-state index contributed by atoms with van der Waals surface area (Å²) in [5, 5.41) is 7.65. The van der Waals surface area contributed by atoms with Crippen LogP contribution in [0.25, 0.3) is 5.69 Å². The van der Waals surface area contributed by atoms with E-state index in [1.807, 2.05) is 4.57 Å². The molecule has 0 unspecified atom stereocenters. The molecule has 0 N–H and O–H groups in total. The van der Waals surface area contributed by atoms with Gasteiger partial charge in [-0.1, -0.05) is 0 Å². The first-order valence-corrected chi connectivity index (χ1v) is 6.13. The second kappa shape index (κ2) is 4.78. The van der Waals surface area contributed by atoms with Crippen molar-refractivity contribution < 1.29 is 4.74 Å². The van der Waals surface area contributed by atoms with E-state index in [-0.39, 0.29) is 0 Å². The molecule has 18 heavy (non-hydrogen) atoms. The van der Waals surface area contributed by atoms with Crippen molar-refractivity contribution in [2.75, 3.05) is 31.2 Å². The average molecular weight is 244 g/mol. The molecule has 0 bridgehead atoms. The van der Waals surface area contributed by atoms with E-state index in [0.717, 1.165) is 32.0 Å². The van der Waals surface area contributed by atoms with Crippen molar-refractivity contribution in [3.8, 4) is 5.69 Å². The van der Waals surface area contributed by atoms with E-state index in [4.69, 9.17) is 4.74 Å². The van der Waals surface area contributed by atoms with Gasteiger partial charge < -0.3 is 9.64 Å². The van der Waals surface area contributed by atoms with Crippen LogP contribution in [0.1, 0.15) is 5.56 Å². The summed E-state index contributed by atoms with van der Waals surface area (Å²) in [5.41, 5.74) is 3.65. The van der Waals surface area contributed by atoms with Gasteiger partial charge in [0.15, 0.2) is 0 Å². The molecule has 1 aliphatic heterocycles. The molecule has 2 heterocycles. The summed E-state index contributed by atoms with van der Waals surface area (Å²) in [7, 11) is 0. The zero-order valence-electron chi connectivity index (χ0n) is 10.4. The topological polar surface area (TPSA) is 43.2 Å². The van der Waals surface area contributed by atoms with E-state index in [1.165, 1.54) is 11.3 Å². The van der Waals surface area contributed by atoms with Crippen LogP contribution in [0.5, 0.6) is 0 Å². The molecule has 2 aromatic rings. The molecule has 0 aliphatic carbocycles. The van der Waals surface area contributed by atoms with Gasteiger partial charge in [0.25, 0.3) is 0 Å². The van der Waals surface area contributed by atoms with Crippen LogP contribution in [0, 0.1) is 6.92 Å². The number of benzene rings is 1. The maximum Gasteiger partial charge on any atom is 0.123 e. The van der Waals surface area contributed by atoms with Crippen LogP contribution in [0.4, 0.5) is 5.69 Å². The Kier molecular flexibility index (Phi) is 2.98. The van der Waals surface area contributed by atoms with E-state index >= 15 is 0 Å². The van der Waals surface area contributed by atoms with Gasteiger partial charge in [0.2, 0.25) is 0 Å². The molecule has 0 spiro atoms. The van der Waals surface area contributed by atoms with Crippen molar-refractivity contribution in [2.45, 2.75) is 6.92 Å². The van der Waals surface area contributed by atoms with E-state index in [1.54, 1.807) is 12.7 Å². The van der Waals surface area contributed by atoms with Crippen LogP contribution in [0.3, 0.4) is 0 Å². The Morgan fingerprint density at radius 1 is 1.11 bits per heavy atom. The van der Waals surface area contributed by atoms with Gasteiger partial charge in [-0.25, -0.2) is 0 Å². The number of hydrogen-bond donors (Lipinski definition) is 0. The van der Waals surface area contributed by atoms with E-state index in [0.29, 0.717) is 0 Å². The van der Waals surface area contributed by atoms with Gasteiger partial charge >= 0.3 is 0 Å². The average Bonchev–Trinajstić information content (AvgIpc) is 2.93. The molecular formula is C13H16N4O. The van der Waals surface area contributed by atoms with Crippen molar-refractivity contribution in [3.63, 3.8) is 0 Å². The number of anilines is 1. The maximum absolute atomic E-state index is 5.38. The predicted molar refractivity (Wildman–Crippen MR) is 69.1 cm³/mol. The number of aromatic nitrogens is 3. The third-order valence-corrected chi connectivity index (χ3v) is 3.25. The van der Waals surface area contributed by atoms with E-state index in [9.17, 15) is 0 Å². The fourth-order valence-electron chi connectivity index (χ4n) is 2.29. The third-order valence-electron chi connectivity index (χ3n) is 3.25. The second-order valence-corrected chi connectivity index (χ2v) is 4.44. The molecule has 94 valence electrons. The van der Waals surface area contributed by atoms with Gasteiger partial charge in [0.05, 0.1) is 13.2 Å². The fraction of sp³-hybridized carbons (Fsp3) is 0.385. The highest BCUT2D eigenvalue weighted by Crippen LogP contribution is 2.23. The predicted octanol–water partition coefficient (Wildman–Crippen LogP) is 1.41. The molecule has 5 heteroatoms. The van der Waals surface area contributed by atoms with Crippen LogP contribution >= 0.6 is 0 Å². The number of hydrogen-bond acceptors (Lipinski definition) is 4. The van der Waals surface area contributed by atoms with Gasteiger partial charge in [0, 0.05) is 24.5 Å². The van der Waals surface area contributed by atoms with Crippen LogP contribution in [-0.4, -0.2) is 41.1 Å². The summed E-state index contributed by atoms with van der Waals surface area (Å²) in [4.78, 5) is 2.37. The Labute approximate surface area is 106 Å². The summed E-state index contributed by atoms with van der Waals surface area (Å²) in [5.74, 6) is 0. The lowest BCUT2D eigenvalue weighted by molar-refractivity contribution is 0.122. The van der Waals surface area contributed by atoms with Crippen LogP contribution in [-0.2, 0) is 4.74 Å². The summed E-state index contributed by atoms with van der Waals surface area (Å²) < 4.78 is 7.29. The highest BCUT2D eigenvalue weighted by atomic mass is 16.5. The van der Waals surface area contributed by atoms with Gasteiger partial charge in [-0.15, -0.1) is 10.2 Å². The molecule has 0 saturated carbocycles. The minimum absolute atomic E-state index is 0.812. The fourth-order valence-corrected chi connectivity index (χ4v) is 2.29.